The Morgan fingerprint density at radius 3 is 2.36 bits per heavy atom. The second-order valence-corrected chi connectivity index (χ2v) is 4.61. The summed E-state index contributed by atoms with van der Waals surface area (Å²) < 4.78 is 14.5. The van der Waals surface area contributed by atoms with Crippen LogP contribution in [0.3, 0.4) is 0 Å². The third-order valence-corrected chi connectivity index (χ3v) is 3.15. The van der Waals surface area contributed by atoms with Crippen molar-refractivity contribution < 1.29 is 9.18 Å². The van der Waals surface area contributed by atoms with Gasteiger partial charge in [0.05, 0.1) is 11.4 Å². The summed E-state index contributed by atoms with van der Waals surface area (Å²) in [6, 6.07) is 15.5. The zero-order valence-corrected chi connectivity index (χ0v) is 11.6. The molecule has 22 heavy (non-hydrogen) atoms. The first-order valence-electron chi connectivity index (χ1n) is 6.68. The Hall–Kier alpha value is -3.08. The number of aromatic nitrogens is 3. The fraction of sp³-hybridized carbons (Fsp3) is 0. The molecule has 0 aliphatic rings. The van der Waals surface area contributed by atoms with Crippen LogP contribution in [0.5, 0.6) is 0 Å². The zero-order chi connectivity index (χ0) is 15.4. The van der Waals surface area contributed by atoms with E-state index in [1.54, 1.807) is 18.2 Å². The van der Waals surface area contributed by atoms with E-state index in [4.69, 9.17) is 0 Å². The summed E-state index contributed by atoms with van der Waals surface area (Å²) in [7, 11) is 0. The van der Waals surface area contributed by atoms with Gasteiger partial charge in [0, 0.05) is 0 Å². The van der Waals surface area contributed by atoms with Gasteiger partial charge in [-0.1, -0.05) is 41.6 Å². The van der Waals surface area contributed by atoms with E-state index in [1.165, 1.54) is 16.8 Å². The van der Waals surface area contributed by atoms with E-state index in [0.29, 0.717) is 17.7 Å². The van der Waals surface area contributed by atoms with Crippen molar-refractivity contribution in [3.05, 3.63) is 77.4 Å². The van der Waals surface area contributed by atoms with Crippen molar-refractivity contribution in [3.8, 4) is 5.69 Å². The first kappa shape index (κ1) is 13.9. The van der Waals surface area contributed by atoms with Crippen LogP contribution in [0.1, 0.15) is 21.7 Å². The SMILES string of the molecule is O=Cc1nnn(-c2ccc(F)cc2)c1/C=C/c1ccccc1. The lowest BCUT2D eigenvalue weighted by atomic mass is 10.2. The summed E-state index contributed by atoms with van der Waals surface area (Å²) in [4.78, 5) is 11.1. The van der Waals surface area contributed by atoms with E-state index in [0.717, 1.165) is 5.56 Å². The fourth-order valence-electron chi connectivity index (χ4n) is 2.05. The molecule has 0 unspecified atom stereocenters. The number of nitrogens with zero attached hydrogens (tertiary/aromatic N) is 3. The number of hydrogen-bond acceptors (Lipinski definition) is 3. The van der Waals surface area contributed by atoms with Crippen molar-refractivity contribution in [1.29, 1.82) is 0 Å². The highest BCUT2D eigenvalue weighted by Gasteiger charge is 2.11. The first-order chi connectivity index (χ1) is 10.8. The molecule has 0 aliphatic carbocycles. The second kappa shape index (κ2) is 6.13. The second-order valence-electron chi connectivity index (χ2n) is 4.61. The number of aldehydes is 1. The van der Waals surface area contributed by atoms with Crippen LogP contribution < -0.4 is 0 Å². The normalized spacial score (nSPS) is 11.0. The van der Waals surface area contributed by atoms with Crippen molar-refractivity contribution in [2.45, 2.75) is 0 Å². The summed E-state index contributed by atoms with van der Waals surface area (Å²) in [6.07, 6.45) is 4.28. The van der Waals surface area contributed by atoms with Gasteiger partial charge in [0.15, 0.2) is 12.0 Å². The van der Waals surface area contributed by atoms with E-state index in [9.17, 15) is 9.18 Å². The van der Waals surface area contributed by atoms with Gasteiger partial charge in [-0.05, 0) is 35.9 Å². The van der Waals surface area contributed by atoms with Crippen LogP contribution in [0.25, 0.3) is 17.8 Å². The van der Waals surface area contributed by atoms with Crippen molar-refractivity contribution in [2.75, 3.05) is 0 Å². The van der Waals surface area contributed by atoms with Gasteiger partial charge in [-0.2, -0.15) is 0 Å². The van der Waals surface area contributed by atoms with Gasteiger partial charge in [-0.25, -0.2) is 9.07 Å². The molecule has 0 atom stereocenters. The monoisotopic (exact) mass is 293 g/mol. The molecule has 0 spiro atoms. The minimum absolute atomic E-state index is 0.233. The lowest BCUT2D eigenvalue weighted by Crippen LogP contribution is -1.99. The molecule has 0 saturated carbocycles. The smallest absolute Gasteiger partial charge is 0.172 e. The summed E-state index contributed by atoms with van der Waals surface area (Å²) in [6.45, 7) is 0. The summed E-state index contributed by atoms with van der Waals surface area (Å²) in [5.74, 6) is -0.333. The highest BCUT2D eigenvalue weighted by atomic mass is 19.1. The number of hydrogen-bond donors (Lipinski definition) is 0. The van der Waals surface area contributed by atoms with Crippen LogP contribution in [0.15, 0.2) is 54.6 Å². The van der Waals surface area contributed by atoms with Crippen molar-refractivity contribution in [3.63, 3.8) is 0 Å². The molecule has 0 aliphatic heterocycles. The predicted octanol–water partition coefficient (Wildman–Crippen LogP) is 3.39. The molecule has 0 N–H and O–H groups in total. The molecule has 0 amide bonds. The lowest BCUT2D eigenvalue weighted by molar-refractivity contribution is 0.111. The van der Waals surface area contributed by atoms with E-state index in [1.807, 2.05) is 36.4 Å². The molecular weight excluding hydrogens is 281 g/mol. The molecular formula is C17H12FN3O. The minimum Gasteiger partial charge on any atom is -0.296 e. The van der Waals surface area contributed by atoms with Crippen LogP contribution in [0.4, 0.5) is 4.39 Å². The Balaban J connectivity index is 2.02. The Bertz CT molecular complexity index is 808. The van der Waals surface area contributed by atoms with Crippen molar-refractivity contribution >= 4 is 18.4 Å². The van der Waals surface area contributed by atoms with Crippen LogP contribution in [0.2, 0.25) is 0 Å². The molecule has 1 heterocycles. The summed E-state index contributed by atoms with van der Waals surface area (Å²) in [5, 5.41) is 7.81. The quantitative estimate of drug-likeness (QED) is 0.693. The number of rotatable bonds is 4. The molecule has 5 heteroatoms. The Labute approximate surface area is 126 Å². The average Bonchev–Trinajstić information content (AvgIpc) is 2.97. The van der Waals surface area contributed by atoms with Gasteiger partial charge >= 0.3 is 0 Å². The molecule has 108 valence electrons. The summed E-state index contributed by atoms with van der Waals surface area (Å²) >= 11 is 0. The van der Waals surface area contributed by atoms with Gasteiger partial charge in [0.2, 0.25) is 0 Å². The number of benzene rings is 2. The van der Waals surface area contributed by atoms with Crippen molar-refractivity contribution in [2.24, 2.45) is 0 Å². The standard InChI is InChI=1S/C17H12FN3O/c18-14-7-9-15(10-8-14)21-17(16(12-22)19-20-21)11-6-13-4-2-1-3-5-13/h1-12H/b11-6+. The molecule has 2 aromatic carbocycles. The number of halogens is 1. The molecule has 0 saturated heterocycles. The van der Waals surface area contributed by atoms with Gasteiger partial charge in [0.1, 0.15) is 5.82 Å². The van der Waals surface area contributed by atoms with Crippen molar-refractivity contribution in [1.82, 2.24) is 15.0 Å². The van der Waals surface area contributed by atoms with Crippen LogP contribution in [-0.4, -0.2) is 21.3 Å². The van der Waals surface area contributed by atoms with Gasteiger partial charge in [-0.3, -0.25) is 4.79 Å². The third-order valence-electron chi connectivity index (χ3n) is 3.15. The minimum atomic E-state index is -0.333. The van der Waals surface area contributed by atoms with Gasteiger partial charge in [0.25, 0.3) is 0 Å². The van der Waals surface area contributed by atoms with Crippen LogP contribution in [0, 0.1) is 5.82 Å². The maximum Gasteiger partial charge on any atom is 0.172 e. The Kier molecular flexibility index (Phi) is 3.87. The molecule has 3 aromatic rings. The molecule has 3 rings (SSSR count). The number of carbonyl (C=O) groups excluding carboxylic acids is 1. The van der Waals surface area contributed by atoms with E-state index < -0.39 is 0 Å². The topological polar surface area (TPSA) is 47.8 Å². The Morgan fingerprint density at radius 1 is 0.955 bits per heavy atom. The Morgan fingerprint density at radius 2 is 1.68 bits per heavy atom. The van der Waals surface area contributed by atoms with Crippen LogP contribution in [-0.2, 0) is 0 Å². The fourth-order valence-corrected chi connectivity index (χ4v) is 2.05. The maximum atomic E-state index is 13.0. The van der Waals surface area contributed by atoms with Gasteiger partial charge < -0.3 is 0 Å². The molecule has 0 radical (unpaired) electrons. The zero-order valence-electron chi connectivity index (χ0n) is 11.6. The van der Waals surface area contributed by atoms with Gasteiger partial charge in [-0.15, -0.1) is 5.10 Å². The lowest BCUT2D eigenvalue weighted by Gasteiger charge is -2.03. The molecule has 4 nitrogen and oxygen atoms in total. The molecule has 0 bridgehead atoms. The van der Waals surface area contributed by atoms with Crippen LogP contribution >= 0.6 is 0 Å². The predicted molar refractivity (Wildman–Crippen MR) is 82.1 cm³/mol. The van der Waals surface area contributed by atoms with E-state index in [2.05, 4.69) is 10.3 Å². The highest BCUT2D eigenvalue weighted by molar-refractivity contribution is 5.81. The molecule has 1 aromatic heterocycles. The first-order valence-corrected chi connectivity index (χ1v) is 6.68. The highest BCUT2D eigenvalue weighted by Crippen LogP contribution is 2.16. The average molecular weight is 293 g/mol. The van der Waals surface area contributed by atoms with E-state index >= 15 is 0 Å². The third kappa shape index (κ3) is 2.83. The van der Waals surface area contributed by atoms with E-state index in [-0.39, 0.29) is 11.5 Å². The summed E-state index contributed by atoms with van der Waals surface area (Å²) in [5.41, 5.74) is 2.41. The number of carbonyl (C=O) groups is 1. The largest absolute Gasteiger partial charge is 0.296 e. The maximum absolute atomic E-state index is 13.0. The molecule has 0 fully saturated rings.